The molecular weight excluding hydrogens is 1050 g/mol. The van der Waals surface area contributed by atoms with Gasteiger partial charge in [0.1, 0.15) is 5.82 Å². The molecule has 0 aliphatic carbocycles. The van der Waals surface area contributed by atoms with Gasteiger partial charge in [-0.15, -0.1) is 29.7 Å². The second-order valence-electron chi connectivity index (χ2n) is 20.2. The molecule has 0 bridgehead atoms. The maximum absolute atomic E-state index is 9.31. The van der Waals surface area contributed by atoms with Gasteiger partial charge in [0.05, 0.1) is 23.6 Å². The Kier molecular flexibility index (Phi) is 10.7. The Morgan fingerprint density at radius 2 is 1.30 bits per heavy atom. The van der Waals surface area contributed by atoms with Crippen molar-refractivity contribution in [1.29, 1.82) is 0 Å². The first-order valence-corrected chi connectivity index (χ1v) is 23.7. The molecule has 0 saturated heterocycles. The molecule has 0 aliphatic rings. The molecule has 0 spiro atoms. The van der Waals surface area contributed by atoms with Crippen LogP contribution >= 0.6 is 0 Å². The summed E-state index contributed by atoms with van der Waals surface area (Å²) < 4.78 is 66.2. The molecule has 354 valence electrons. The van der Waals surface area contributed by atoms with Gasteiger partial charge >= 0.3 is 0 Å². The van der Waals surface area contributed by atoms with Crippen molar-refractivity contribution in [3.05, 3.63) is 223 Å². The van der Waals surface area contributed by atoms with Gasteiger partial charge in [-0.2, -0.15) is 18.2 Å². The van der Waals surface area contributed by atoms with Crippen molar-refractivity contribution in [1.82, 2.24) is 14.1 Å². The van der Waals surface area contributed by atoms with Gasteiger partial charge in [0.25, 0.3) is 6.33 Å². The van der Waals surface area contributed by atoms with Gasteiger partial charge in [-0.3, -0.25) is 4.57 Å². The van der Waals surface area contributed by atoms with Gasteiger partial charge in [-0.1, -0.05) is 188 Å². The molecule has 11 rings (SSSR count). The van der Waals surface area contributed by atoms with E-state index in [0.29, 0.717) is 34.3 Å². The molecule has 0 amide bonds. The molecule has 71 heavy (non-hydrogen) atoms. The van der Waals surface area contributed by atoms with Crippen molar-refractivity contribution in [2.75, 3.05) is 0 Å². The van der Waals surface area contributed by atoms with E-state index < -0.39 is 24.0 Å². The second kappa shape index (κ2) is 18.8. The summed E-state index contributed by atoms with van der Waals surface area (Å²) in [6.07, 6.45) is 5.47. The van der Waals surface area contributed by atoms with Gasteiger partial charge < -0.3 is 13.9 Å². The number of para-hydroxylation sites is 2. The Hall–Kier alpha value is -7.33. The fraction of sp³-hybridized carbons (Fsp3) is 0.169. The standard InChI is InChI=1S/C65H56N4O.Pt/c1-43(2)46-33-34-66-62(38-46)69-58-28-16-15-25-56(58)57-31-30-53(41-60(57)69)70-52-24-17-23-51(40-52)67-42-68(59-32-29-47(37-61(59)67)44-19-11-9-12-20-44)63-54(45-21-13-10-14-22-45)26-18-27-55(63)48-35-49(64(3,4)5)39-50(36-48)65(6,7)8;/h9-39,43H,1-8H3;/q-2;/i10D,13D,14D,21D,22D,43D;. The normalized spacial score (nSPS) is 13.3. The number of ether oxygens (including phenoxy) is 1. The summed E-state index contributed by atoms with van der Waals surface area (Å²) in [5.41, 5.74) is 11.4. The van der Waals surface area contributed by atoms with Crippen LogP contribution in [0.15, 0.2) is 188 Å². The first-order chi connectivity index (χ1) is 36.2. The zero-order chi connectivity index (χ0) is 53.6. The first-order valence-electron chi connectivity index (χ1n) is 26.7. The third-order valence-corrected chi connectivity index (χ3v) is 13.1. The number of aromatic nitrogens is 4. The molecule has 0 saturated carbocycles. The summed E-state index contributed by atoms with van der Waals surface area (Å²) in [4.78, 5) is 4.78. The van der Waals surface area contributed by atoms with E-state index in [9.17, 15) is 2.74 Å². The largest absolute Gasteiger partial charge is 0.510 e. The maximum Gasteiger partial charge on any atom is 0.268 e. The smallest absolute Gasteiger partial charge is 0.268 e. The third-order valence-electron chi connectivity index (χ3n) is 13.1. The minimum atomic E-state index is -0.829. The Morgan fingerprint density at radius 3 is 2.03 bits per heavy atom. The van der Waals surface area contributed by atoms with Gasteiger partial charge in [-0.25, -0.2) is 4.98 Å². The van der Waals surface area contributed by atoms with Crippen LogP contribution < -0.4 is 9.30 Å². The number of fused-ring (bicyclic) bond motifs is 4. The van der Waals surface area contributed by atoms with E-state index in [2.05, 4.69) is 125 Å². The monoisotopic (exact) mass is 1110 g/mol. The Balaban J connectivity index is 0.00000672. The van der Waals surface area contributed by atoms with Gasteiger partial charge in [0.15, 0.2) is 0 Å². The number of nitrogens with zero attached hydrogens (tertiary/aromatic N) is 4. The number of imidazole rings is 1. The summed E-state index contributed by atoms with van der Waals surface area (Å²) >= 11 is 0. The number of hydrogen-bond acceptors (Lipinski definition) is 2. The van der Waals surface area contributed by atoms with Crippen LogP contribution in [0.3, 0.4) is 0 Å². The molecule has 0 aliphatic heterocycles. The fourth-order valence-corrected chi connectivity index (χ4v) is 9.28. The number of rotatable bonds is 9. The van der Waals surface area contributed by atoms with Gasteiger partial charge in [0, 0.05) is 45.6 Å². The molecule has 3 aromatic heterocycles. The summed E-state index contributed by atoms with van der Waals surface area (Å²) in [7, 11) is 0. The second-order valence-corrected chi connectivity index (χ2v) is 20.2. The Bertz CT molecular complexity index is 4050. The maximum atomic E-state index is 9.31. The van der Waals surface area contributed by atoms with Gasteiger partial charge in [0.2, 0.25) is 0 Å². The fourth-order valence-electron chi connectivity index (χ4n) is 9.28. The van der Waals surface area contributed by atoms with Crippen LogP contribution in [0.4, 0.5) is 0 Å². The van der Waals surface area contributed by atoms with Crippen molar-refractivity contribution in [2.45, 2.75) is 72.1 Å². The van der Waals surface area contributed by atoms with Crippen LogP contribution in [0.25, 0.3) is 83.4 Å². The third kappa shape index (κ3) is 9.05. The minimum Gasteiger partial charge on any atom is -0.510 e. The van der Waals surface area contributed by atoms with E-state index in [0.717, 1.165) is 71.8 Å². The van der Waals surface area contributed by atoms with E-state index in [-0.39, 0.29) is 49.5 Å². The van der Waals surface area contributed by atoms with Crippen LogP contribution in [0.1, 0.15) is 86.2 Å². The van der Waals surface area contributed by atoms with E-state index in [1.807, 2.05) is 114 Å². The van der Waals surface area contributed by atoms with Gasteiger partial charge in [-0.05, 0) is 102 Å². The molecule has 0 atom stereocenters. The van der Waals surface area contributed by atoms with Crippen LogP contribution in [0, 0.1) is 18.5 Å². The summed E-state index contributed by atoms with van der Waals surface area (Å²) in [5, 5.41) is 2.02. The van der Waals surface area contributed by atoms with Crippen LogP contribution in [0.2, 0.25) is 0 Å². The van der Waals surface area contributed by atoms with Crippen LogP contribution in [-0.2, 0) is 31.9 Å². The van der Waals surface area contributed by atoms with Crippen molar-refractivity contribution in [2.24, 2.45) is 0 Å². The first kappa shape index (κ1) is 40.4. The molecule has 8 aromatic carbocycles. The van der Waals surface area contributed by atoms with E-state index >= 15 is 0 Å². The molecule has 11 aromatic rings. The summed E-state index contributed by atoms with van der Waals surface area (Å²) in [6.45, 7) is 16.9. The van der Waals surface area contributed by atoms with E-state index in [1.54, 1.807) is 6.20 Å². The SMILES string of the molecule is [2H]c1c([2H])c([2H])c(-c2cccc(-c3cc(C(C)(C)C)cc(C(C)(C)C)c3)c2-[n+]2[c-]n(-c3[c-]c(Oc4[c-]c5c(cc4)c4ccccc4n5-c4cc(C([2H])(C)C)ccn4)ccc3)c3cc(-c4ccccc4)ccc32)c([2H])c1[2H].[Pt]. The zero-order valence-electron chi connectivity index (χ0n) is 47.0. The minimum absolute atomic E-state index is 0. The van der Waals surface area contributed by atoms with E-state index in [1.165, 1.54) is 0 Å². The quantitative estimate of drug-likeness (QED) is 0.107. The molecule has 0 unspecified atom stereocenters. The Labute approximate surface area is 440 Å². The van der Waals surface area contributed by atoms with Crippen molar-refractivity contribution in [3.63, 3.8) is 0 Å². The molecule has 0 radical (unpaired) electrons. The molecular formula is C65H56N4OPt-2. The molecule has 6 heteroatoms. The van der Waals surface area contributed by atoms with Crippen molar-refractivity contribution < 1.29 is 38.6 Å². The predicted molar refractivity (Wildman–Crippen MR) is 288 cm³/mol. The summed E-state index contributed by atoms with van der Waals surface area (Å²) in [6, 6.07) is 55.8. The number of hydrogen-bond donors (Lipinski definition) is 0. The molecule has 3 heterocycles. The topological polar surface area (TPSA) is 35.9 Å². The summed E-state index contributed by atoms with van der Waals surface area (Å²) in [5.74, 6) is 0.748. The average molecular weight is 1110 g/mol. The van der Waals surface area contributed by atoms with Crippen molar-refractivity contribution in [3.8, 4) is 62.1 Å². The van der Waals surface area contributed by atoms with Crippen LogP contribution in [0.5, 0.6) is 11.5 Å². The number of benzene rings is 8. The average Bonchev–Trinajstić information content (AvgIpc) is 4.03. The molecule has 0 N–H and O–H groups in total. The molecule has 5 nitrogen and oxygen atoms in total. The number of pyridine rings is 1. The molecule has 0 fully saturated rings. The van der Waals surface area contributed by atoms with E-state index in [4.69, 9.17) is 15.2 Å². The Morgan fingerprint density at radius 1 is 0.606 bits per heavy atom. The predicted octanol–water partition coefficient (Wildman–Crippen LogP) is 16.3. The van der Waals surface area contributed by atoms with Crippen molar-refractivity contribution >= 4 is 32.8 Å². The van der Waals surface area contributed by atoms with Crippen LogP contribution in [-0.4, -0.2) is 14.1 Å². The zero-order valence-corrected chi connectivity index (χ0v) is 43.3.